The highest BCUT2D eigenvalue weighted by atomic mass is 19.1. The fourth-order valence-electron chi connectivity index (χ4n) is 2.27. The maximum absolute atomic E-state index is 12.9. The molecule has 7 heteroatoms. The van der Waals surface area contributed by atoms with Crippen molar-refractivity contribution in [2.45, 2.75) is 13.3 Å². The van der Waals surface area contributed by atoms with Crippen LogP contribution in [0.2, 0.25) is 0 Å². The molecular formula is C14H15FN4O2. The summed E-state index contributed by atoms with van der Waals surface area (Å²) in [6.07, 6.45) is 0.998. The first-order valence-electron chi connectivity index (χ1n) is 6.77. The minimum atomic E-state index is -0.338. The maximum atomic E-state index is 12.9. The van der Waals surface area contributed by atoms with Crippen LogP contribution in [-0.2, 0) is 0 Å². The minimum absolute atomic E-state index is 0.0406. The molecule has 0 aliphatic carbocycles. The maximum Gasteiger partial charge on any atom is 0.325 e. The fraction of sp³-hybridized carbons (Fsp3) is 0.357. The Morgan fingerprint density at radius 3 is 2.81 bits per heavy atom. The number of hydrogen-bond acceptors (Lipinski definition) is 4. The van der Waals surface area contributed by atoms with Crippen molar-refractivity contribution in [3.8, 4) is 11.5 Å². The van der Waals surface area contributed by atoms with Gasteiger partial charge in [0.05, 0.1) is 0 Å². The van der Waals surface area contributed by atoms with Crippen molar-refractivity contribution >= 4 is 12.0 Å². The van der Waals surface area contributed by atoms with Gasteiger partial charge in [-0.1, -0.05) is 12.0 Å². The van der Waals surface area contributed by atoms with Gasteiger partial charge in [0.2, 0.25) is 5.89 Å². The summed E-state index contributed by atoms with van der Waals surface area (Å²) in [7, 11) is 0. The van der Waals surface area contributed by atoms with Gasteiger partial charge in [0.1, 0.15) is 5.82 Å². The largest absolute Gasteiger partial charge is 0.403 e. The van der Waals surface area contributed by atoms with Crippen molar-refractivity contribution in [1.29, 1.82) is 0 Å². The Morgan fingerprint density at radius 1 is 1.38 bits per heavy atom. The molecule has 0 radical (unpaired) electrons. The van der Waals surface area contributed by atoms with Crippen LogP contribution in [0.5, 0.6) is 0 Å². The van der Waals surface area contributed by atoms with Gasteiger partial charge in [-0.2, -0.15) is 0 Å². The number of nitrogens with zero attached hydrogens (tertiary/aromatic N) is 3. The molecule has 1 saturated heterocycles. The Labute approximate surface area is 121 Å². The Balaban J connectivity index is 1.67. The molecule has 0 spiro atoms. The zero-order chi connectivity index (χ0) is 14.8. The molecule has 0 saturated carbocycles. The van der Waals surface area contributed by atoms with Gasteiger partial charge in [-0.05, 0) is 36.6 Å². The van der Waals surface area contributed by atoms with Crippen LogP contribution in [0.4, 0.5) is 15.2 Å². The third-order valence-electron chi connectivity index (χ3n) is 3.44. The van der Waals surface area contributed by atoms with Crippen LogP contribution in [-0.4, -0.2) is 34.2 Å². The molecule has 2 aromatic rings. The van der Waals surface area contributed by atoms with Crippen LogP contribution in [0.3, 0.4) is 0 Å². The number of anilines is 1. The van der Waals surface area contributed by atoms with Gasteiger partial charge in [0, 0.05) is 18.7 Å². The van der Waals surface area contributed by atoms with E-state index in [1.165, 1.54) is 24.3 Å². The summed E-state index contributed by atoms with van der Waals surface area (Å²) in [5, 5.41) is 10.2. The number of hydrogen-bond donors (Lipinski definition) is 1. The van der Waals surface area contributed by atoms with E-state index in [1.807, 2.05) is 0 Å². The van der Waals surface area contributed by atoms with Gasteiger partial charge in [-0.15, -0.1) is 5.10 Å². The second kappa shape index (κ2) is 5.51. The molecule has 1 fully saturated rings. The normalized spacial score (nSPS) is 18.0. The molecule has 1 aromatic carbocycles. The standard InChI is InChI=1S/C14H15FN4O2/c1-9-6-7-19(8-9)14(20)16-13-18-17-12(21-13)10-2-4-11(15)5-3-10/h2-5,9H,6-8H2,1H3,(H,16,18,20). The highest BCUT2D eigenvalue weighted by Gasteiger charge is 2.24. The Morgan fingerprint density at radius 2 is 2.14 bits per heavy atom. The van der Waals surface area contributed by atoms with Crippen molar-refractivity contribution in [1.82, 2.24) is 15.1 Å². The van der Waals surface area contributed by atoms with Gasteiger partial charge in [0.15, 0.2) is 0 Å². The molecule has 1 aliphatic heterocycles. The monoisotopic (exact) mass is 290 g/mol. The van der Waals surface area contributed by atoms with E-state index in [9.17, 15) is 9.18 Å². The van der Waals surface area contributed by atoms with E-state index in [0.29, 0.717) is 11.5 Å². The average molecular weight is 290 g/mol. The van der Waals surface area contributed by atoms with Gasteiger partial charge in [0.25, 0.3) is 0 Å². The smallest absolute Gasteiger partial charge is 0.325 e. The Bertz CT molecular complexity index is 641. The van der Waals surface area contributed by atoms with E-state index in [-0.39, 0.29) is 23.8 Å². The number of likely N-dealkylation sites (tertiary alicyclic amines) is 1. The molecule has 1 unspecified atom stereocenters. The summed E-state index contributed by atoms with van der Waals surface area (Å²) >= 11 is 0. The third-order valence-corrected chi connectivity index (χ3v) is 3.44. The van der Waals surface area contributed by atoms with E-state index in [4.69, 9.17) is 4.42 Å². The van der Waals surface area contributed by atoms with E-state index in [0.717, 1.165) is 19.5 Å². The summed E-state index contributed by atoms with van der Waals surface area (Å²) in [6.45, 7) is 3.56. The lowest BCUT2D eigenvalue weighted by atomic mass is 10.2. The zero-order valence-corrected chi connectivity index (χ0v) is 11.5. The van der Waals surface area contributed by atoms with Crippen LogP contribution < -0.4 is 5.32 Å². The first kappa shape index (κ1) is 13.5. The third kappa shape index (κ3) is 3.01. The van der Waals surface area contributed by atoms with Crippen molar-refractivity contribution in [3.63, 3.8) is 0 Å². The summed E-state index contributed by atoms with van der Waals surface area (Å²) in [5.41, 5.74) is 0.596. The number of urea groups is 1. The van der Waals surface area contributed by atoms with Crippen LogP contribution in [0, 0.1) is 11.7 Å². The molecule has 6 nitrogen and oxygen atoms in total. The molecule has 2 amide bonds. The van der Waals surface area contributed by atoms with Gasteiger partial charge in [-0.25, -0.2) is 9.18 Å². The SMILES string of the molecule is CC1CCN(C(=O)Nc2nnc(-c3ccc(F)cc3)o2)C1. The van der Waals surface area contributed by atoms with Crippen LogP contribution in [0.25, 0.3) is 11.5 Å². The van der Waals surface area contributed by atoms with Crippen molar-refractivity contribution in [3.05, 3.63) is 30.1 Å². The summed E-state index contributed by atoms with van der Waals surface area (Å²) in [5.74, 6) is 0.406. The topological polar surface area (TPSA) is 71.3 Å². The molecule has 21 heavy (non-hydrogen) atoms. The number of amides is 2. The number of nitrogens with one attached hydrogen (secondary N) is 1. The molecule has 1 aliphatic rings. The Kier molecular flexibility index (Phi) is 3.55. The van der Waals surface area contributed by atoms with Crippen LogP contribution >= 0.6 is 0 Å². The Hall–Kier alpha value is -2.44. The quantitative estimate of drug-likeness (QED) is 0.923. The zero-order valence-electron chi connectivity index (χ0n) is 11.5. The highest BCUT2D eigenvalue weighted by molar-refractivity contribution is 5.87. The first-order chi connectivity index (χ1) is 10.1. The van der Waals surface area contributed by atoms with E-state index in [2.05, 4.69) is 22.4 Å². The first-order valence-corrected chi connectivity index (χ1v) is 6.77. The summed E-state index contributed by atoms with van der Waals surface area (Å²) in [4.78, 5) is 13.7. The second-order valence-electron chi connectivity index (χ2n) is 5.19. The van der Waals surface area contributed by atoms with Crippen molar-refractivity contribution in [2.24, 2.45) is 5.92 Å². The van der Waals surface area contributed by atoms with Crippen molar-refractivity contribution in [2.75, 3.05) is 18.4 Å². The number of benzene rings is 1. The number of halogens is 1. The molecule has 2 heterocycles. The molecule has 1 N–H and O–H groups in total. The molecule has 110 valence electrons. The van der Waals surface area contributed by atoms with E-state index in [1.54, 1.807) is 4.90 Å². The van der Waals surface area contributed by atoms with Crippen LogP contribution in [0.15, 0.2) is 28.7 Å². The van der Waals surface area contributed by atoms with Crippen LogP contribution in [0.1, 0.15) is 13.3 Å². The lowest BCUT2D eigenvalue weighted by molar-refractivity contribution is 0.220. The average Bonchev–Trinajstić information content (AvgIpc) is 3.09. The van der Waals surface area contributed by atoms with Gasteiger partial charge >= 0.3 is 12.0 Å². The van der Waals surface area contributed by atoms with Gasteiger partial charge < -0.3 is 9.32 Å². The van der Waals surface area contributed by atoms with E-state index >= 15 is 0 Å². The van der Waals surface area contributed by atoms with Crippen molar-refractivity contribution < 1.29 is 13.6 Å². The minimum Gasteiger partial charge on any atom is -0.403 e. The fourth-order valence-corrected chi connectivity index (χ4v) is 2.27. The number of carbonyl (C=O) groups excluding carboxylic acids is 1. The molecule has 3 rings (SSSR count). The lowest BCUT2D eigenvalue weighted by Gasteiger charge is -2.14. The van der Waals surface area contributed by atoms with Gasteiger partial charge in [-0.3, -0.25) is 5.32 Å². The number of aromatic nitrogens is 2. The predicted molar refractivity (Wildman–Crippen MR) is 74.1 cm³/mol. The second-order valence-corrected chi connectivity index (χ2v) is 5.19. The predicted octanol–water partition coefficient (Wildman–Crippen LogP) is 2.75. The number of carbonyl (C=O) groups is 1. The molecule has 0 bridgehead atoms. The molecule has 1 atom stereocenters. The molecule has 1 aromatic heterocycles. The summed E-state index contributed by atoms with van der Waals surface area (Å²) < 4.78 is 18.2. The lowest BCUT2D eigenvalue weighted by Crippen LogP contribution is -2.32. The molecular weight excluding hydrogens is 275 g/mol. The number of rotatable bonds is 2. The summed E-state index contributed by atoms with van der Waals surface area (Å²) in [6, 6.07) is 5.49. The highest BCUT2D eigenvalue weighted by Crippen LogP contribution is 2.21. The van der Waals surface area contributed by atoms with E-state index < -0.39 is 0 Å².